The molecule has 1 aliphatic heterocycles. The molecule has 0 saturated carbocycles. The number of carbonyl (C=O) groups is 1. The van der Waals surface area contributed by atoms with Crippen LogP contribution in [0.5, 0.6) is 5.75 Å². The number of hydrogen-bond donors (Lipinski definition) is 1. The number of carbonyl (C=O) groups excluding carboxylic acids is 1. The summed E-state index contributed by atoms with van der Waals surface area (Å²) < 4.78 is 5.08. The lowest BCUT2D eigenvalue weighted by atomic mass is 10.2. The fraction of sp³-hybridized carbons (Fsp3) is 0.389. The molecule has 0 atom stereocenters. The van der Waals surface area contributed by atoms with Crippen molar-refractivity contribution in [3.8, 4) is 5.75 Å². The molecule has 1 aliphatic rings. The van der Waals surface area contributed by atoms with Crippen LogP contribution in [-0.2, 0) is 4.79 Å². The van der Waals surface area contributed by atoms with Crippen LogP contribution in [0.2, 0.25) is 0 Å². The second kappa shape index (κ2) is 7.94. The number of anilines is 2. The maximum absolute atomic E-state index is 12.2. The van der Waals surface area contributed by atoms with Gasteiger partial charge in [-0.2, -0.15) is 0 Å². The molecule has 1 N–H and O–H groups in total. The highest BCUT2D eigenvalue weighted by Crippen LogP contribution is 2.14. The SMILES string of the molecule is COc1cnc(N2CCN(CC(=O)Nc3cccc(C)c3)CC2)nc1. The molecule has 0 unspecified atom stereocenters. The molecule has 1 amide bonds. The Morgan fingerprint density at radius 3 is 2.56 bits per heavy atom. The summed E-state index contributed by atoms with van der Waals surface area (Å²) in [5.74, 6) is 1.36. The Balaban J connectivity index is 1.47. The summed E-state index contributed by atoms with van der Waals surface area (Å²) in [6.45, 7) is 5.60. The van der Waals surface area contributed by atoms with Gasteiger partial charge in [0.15, 0.2) is 5.75 Å². The van der Waals surface area contributed by atoms with Crippen LogP contribution in [-0.4, -0.2) is 60.6 Å². The van der Waals surface area contributed by atoms with Gasteiger partial charge in [-0.25, -0.2) is 9.97 Å². The molecule has 25 heavy (non-hydrogen) atoms. The average molecular weight is 341 g/mol. The number of nitrogens with zero attached hydrogens (tertiary/aromatic N) is 4. The maximum atomic E-state index is 12.2. The Labute approximate surface area is 147 Å². The number of methoxy groups -OCH3 is 1. The molecular weight excluding hydrogens is 318 g/mol. The number of ether oxygens (including phenoxy) is 1. The zero-order valence-electron chi connectivity index (χ0n) is 14.6. The molecule has 1 fully saturated rings. The second-order valence-corrected chi connectivity index (χ2v) is 6.10. The molecule has 0 aliphatic carbocycles. The van der Waals surface area contributed by atoms with Gasteiger partial charge < -0.3 is 15.0 Å². The molecule has 2 heterocycles. The van der Waals surface area contributed by atoms with Gasteiger partial charge in [0.25, 0.3) is 0 Å². The lowest BCUT2D eigenvalue weighted by molar-refractivity contribution is -0.117. The summed E-state index contributed by atoms with van der Waals surface area (Å²) in [4.78, 5) is 25.1. The summed E-state index contributed by atoms with van der Waals surface area (Å²) in [5.41, 5.74) is 1.97. The van der Waals surface area contributed by atoms with Crippen molar-refractivity contribution in [2.24, 2.45) is 0 Å². The zero-order valence-corrected chi connectivity index (χ0v) is 14.6. The van der Waals surface area contributed by atoms with Crippen molar-refractivity contribution in [3.63, 3.8) is 0 Å². The van der Waals surface area contributed by atoms with Crippen molar-refractivity contribution in [2.45, 2.75) is 6.92 Å². The summed E-state index contributed by atoms with van der Waals surface area (Å²) in [5, 5.41) is 2.95. The molecule has 1 aromatic heterocycles. The van der Waals surface area contributed by atoms with Crippen LogP contribution >= 0.6 is 0 Å². The maximum Gasteiger partial charge on any atom is 0.238 e. The van der Waals surface area contributed by atoms with E-state index in [2.05, 4.69) is 25.1 Å². The van der Waals surface area contributed by atoms with Crippen molar-refractivity contribution in [2.75, 3.05) is 50.1 Å². The van der Waals surface area contributed by atoms with Gasteiger partial charge in [0.2, 0.25) is 11.9 Å². The van der Waals surface area contributed by atoms with Gasteiger partial charge in [0.1, 0.15) is 0 Å². The minimum absolute atomic E-state index is 0.0137. The number of rotatable bonds is 5. The summed E-state index contributed by atoms with van der Waals surface area (Å²) in [7, 11) is 1.60. The average Bonchev–Trinajstić information content (AvgIpc) is 2.62. The minimum Gasteiger partial charge on any atom is -0.494 e. The van der Waals surface area contributed by atoms with Crippen LogP contribution in [0.15, 0.2) is 36.7 Å². The van der Waals surface area contributed by atoms with E-state index in [1.54, 1.807) is 19.5 Å². The number of piperazine rings is 1. The van der Waals surface area contributed by atoms with E-state index in [4.69, 9.17) is 4.74 Å². The fourth-order valence-corrected chi connectivity index (χ4v) is 2.81. The van der Waals surface area contributed by atoms with Crippen molar-refractivity contribution in [1.29, 1.82) is 0 Å². The van der Waals surface area contributed by atoms with Crippen molar-refractivity contribution < 1.29 is 9.53 Å². The fourth-order valence-electron chi connectivity index (χ4n) is 2.81. The molecule has 132 valence electrons. The van der Waals surface area contributed by atoms with Gasteiger partial charge in [-0.1, -0.05) is 12.1 Å². The van der Waals surface area contributed by atoms with Crippen LogP contribution in [0, 0.1) is 6.92 Å². The Hall–Kier alpha value is -2.67. The predicted octanol–water partition coefficient (Wildman–Crippen LogP) is 1.55. The van der Waals surface area contributed by atoms with Crippen LogP contribution in [0.3, 0.4) is 0 Å². The lowest BCUT2D eigenvalue weighted by Gasteiger charge is -2.34. The molecule has 1 saturated heterocycles. The van der Waals surface area contributed by atoms with E-state index in [1.807, 2.05) is 31.2 Å². The molecule has 3 rings (SSSR count). The van der Waals surface area contributed by atoms with Crippen LogP contribution < -0.4 is 15.0 Å². The first-order valence-electron chi connectivity index (χ1n) is 8.34. The number of aromatic nitrogens is 2. The zero-order chi connectivity index (χ0) is 17.6. The van der Waals surface area contributed by atoms with Gasteiger partial charge in [-0.15, -0.1) is 0 Å². The first-order valence-corrected chi connectivity index (χ1v) is 8.34. The third-order valence-electron chi connectivity index (χ3n) is 4.17. The monoisotopic (exact) mass is 341 g/mol. The minimum atomic E-state index is 0.0137. The summed E-state index contributed by atoms with van der Waals surface area (Å²) >= 11 is 0. The molecule has 7 nitrogen and oxygen atoms in total. The Morgan fingerprint density at radius 2 is 1.92 bits per heavy atom. The molecule has 0 radical (unpaired) electrons. The molecule has 0 spiro atoms. The first kappa shape index (κ1) is 17.2. The Morgan fingerprint density at radius 1 is 1.20 bits per heavy atom. The highest BCUT2D eigenvalue weighted by Gasteiger charge is 2.20. The molecule has 0 bridgehead atoms. The summed E-state index contributed by atoms with van der Waals surface area (Å²) in [6.07, 6.45) is 3.34. The molecule has 2 aromatic rings. The first-order chi connectivity index (χ1) is 12.1. The van der Waals surface area contributed by atoms with Gasteiger partial charge >= 0.3 is 0 Å². The van der Waals surface area contributed by atoms with Gasteiger partial charge in [-0.3, -0.25) is 9.69 Å². The van der Waals surface area contributed by atoms with E-state index >= 15 is 0 Å². The Bertz CT molecular complexity index is 712. The van der Waals surface area contributed by atoms with Crippen molar-refractivity contribution in [3.05, 3.63) is 42.2 Å². The van der Waals surface area contributed by atoms with E-state index in [0.717, 1.165) is 37.4 Å². The smallest absolute Gasteiger partial charge is 0.238 e. The third kappa shape index (κ3) is 4.67. The third-order valence-corrected chi connectivity index (χ3v) is 4.17. The van der Waals surface area contributed by atoms with E-state index in [-0.39, 0.29) is 5.91 Å². The number of hydrogen-bond acceptors (Lipinski definition) is 6. The van der Waals surface area contributed by atoms with Crippen LogP contribution in [0.25, 0.3) is 0 Å². The topological polar surface area (TPSA) is 70.6 Å². The number of aryl methyl sites for hydroxylation is 1. The standard InChI is InChI=1S/C18H23N5O2/c1-14-4-3-5-15(10-14)21-17(24)13-22-6-8-23(9-7-22)18-19-11-16(25-2)12-20-18/h3-5,10-12H,6-9,13H2,1-2H3,(H,21,24). The van der Waals surface area contributed by atoms with E-state index in [9.17, 15) is 4.79 Å². The lowest BCUT2D eigenvalue weighted by Crippen LogP contribution is -2.49. The highest BCUT2D eigenvalue weighted by atomic mass is 16.5. The second-order valence-electron chi connectivity index (χ2n) is 6.10. The number of amides is 1. The highest BCUT2D eigenvalue weighted by molar-refractivity contribution is 5.92. The quantitative estimate of drug-likeness (QED) is 0.890. The largest absolute Gasteiger partial charge is 0.494 e. The number of benzene rings is 1. The normalized spacial score (nSPS) is 15.0. The number of nitrogens with one attached hydrogen (secondary N) is 1. The molecule has 1 aromatic carbocycles. The van der Waals surface area contributed by atoms with Gasteiger partial charge in [0, 0.05) is 31.9 Å². The summed E-state index contributed by atoms with van der Waals surface area (Å²) in [6, 6.07) is 7.83. The van der Waals surface area contributed by atoms with Crippen LogP contribution in [0.1, 0.15) is 5.56 Å². The molecular formula is C18H23N5O2. The predicted molar refractivity (Wildman–Crippen MR) is 97.0 cm³/mol. The van der Waals surface area contributed by atoms with E-state index in [0.29, 0.717) is 18.2 Å². The molecule has 7 heteroatoms. The van der Waals surface area contributed by atoms with Crippen LogP contribution in [0.4, 0.5) is 11.6 Å². The van der Waals surface area contributed by atoms with E-state index < -0.39 is 0 Å². The van der Waals surface area contributed by atoms with Gasteiger partial charge in [-0.05, 0) is 24.6 Å². The van der Waals surface area contributed by atoms with Crippen molar-refractivity contribution in [1.82, 2.24) is 14.9 Å². The van der Waals surface area contributed by atoms with Gasteiger partial charge in [0.05, 0.1) is 26.0 Å². The van der Waals surface area contributed by atoms with E-state index in [1.165, 1.54) is 0 Å². The van der Waals surface area contributed by atoms with Crippen molar-refractivity contribution >= 4 is 17.5 Å². The Kier molecular flexibility index (Phi) is 5.45.